The zero-order chi connectivity index (χ0) is 13.0. The first kappa shape index (κ1) is 14.5. The van der Waals surface area contributed by atoms with Crippen LogP contribution in [0.3, 0.4) is 0 Å². The van der Waals surface area contributed by atoms with Crippen molar-refractivity contribution < 1.29 is 5.11 Å². The molecular weight excluding hydrogens is 236 g/mol. The summed E-state index contributed by atoms with van der Waals surface area (Å²) in [6.07, 6.45) is 2.12. The van der Waals surface area contributed by atoms with Crippen molar-refractivity contribution in [2.45, 2.75) is 59.6 Å². The molecule has 1 rings (SSSR count). The first-order chi connectivity index (χ1) is 8.01. The summed E-state index contributed by atoms with van der Waals surface area (Å²) >= 11 is 6.31. The van der Waals surface area contributed by atoms with Gasteiger partial charge in [-0.3, -0.25) is 4.68 Å². The second-order valence-corrected chi connectivity index (χ2v) is 5.10. The van der Waals surface area contributed by atoms with E-state index in [1.54, 1.807) is 0 Å². The quantitative estimate of drug-likeness (QED) is 0.852. The smallest absolute Gasteiger partial charge is 0.0849 e. The number of hydrogen-bond acceptors (Lipinski definition) is 2. The number of nitrogens with zero attached hydrogens (tertiary/aromatic N) is 2. The Balaban J connectivity index is 2.79. The monoisotopic (exact) mass is 258 g/mol. The van der Waals surface area contributed by atoms with E-state index in [1.165, 1.54) is 0 Å². The van der Waals surface area contributed by atoms with Crippen molar-refractivity contribution in [3.63, 3.8) is 0 Å². The predicted molar refractivity (Wildman–Crippen MR) is 71.5 cm³/mol. The summed E-state index contributed by atoms with van der Waals surface area (Å²) in [5.74, 6) is 0.289. The average molecular weight is 259 g/mol. The van der Waals surface area contributed by atoms with Crippen molar-refractivity contribution in [2.24, 2.45) is 5.92 Å². The SMILES string of the molecule is CCc1nn(CC)c(CCC(O)C(C)C)c1Cl. The normalized spacial score (nSPS) is 13.4. The molecule has 1 unspecified atom stereocenters. The highest BCUT2D eigenvalue weighted by molar-refractivity contribution is 6.31. The number of rotatable bonds is 6. The van der Waals surface area contributed by atoms with Gasteiger partial charge in [-0.2, -0.15) is 5.10 Å². The lowest BCUT2D eigenvalue weighted by Gasteiger charge is -2.14. The van der Waals surface area contributed by atoms with Gasteiger partial charge in [-0.1, -0.05) is 32.4 Å². The zero-order valence-electron chi connectivity index (χ0n) is 11.2. The minimum atomic E-state index is -0.267. The lowest BCUT2D eigenvalue weighted by molar-refractivity contribution is 0.116. The van der Waals surface area contributed by atoms with E-state index in [9.17, 15) is 5.11 Å². The Labute approximate surface area is 109 Å². The topological polar surface area (TPSA) is 38.0 Å². The van der Waals surface area contributed by atoms with E-state index in [-0.39, 0.29) is 12.0 Å². The Morgan fingerprint density at radius 3 is 2.47 bits per heavy atom. The fourth-order valence-electron chi connectivity index (χ4n) is 1.87. The van der Waals surface area contributed by atoms with Gasteiger partial charge in [0.05, 0.1) is 22.5 Å². The standard InChI is InChI=1S/C13H23ClN2O/c1-5-10-13(14)11(16(6-2)15-10)7-8-12(17)9(3)4/h9,12,17H,5-8H2,1-4H3. The summed E-state index contributed by atoms with van der Waals surface area (Å²) in [4.78, 5) is 0. The maximum atomic E-state index is 9.83. The Kier molecular flexibility index (Phi) is 5.47. The first-order valence-electron chi connectivity index (χ1n) is 6.43. The third-order valence-corrected chi connectivity index (χ3v) is 3.58. The number of aliphatic hydroxyl groups excluding tert-OH is 1. The van der Waals surface area contributed by atoms with E-state index >= 15 is 0 Å². The van der Waals surface area contributed by atoms with Gasteiger partial charge in [-0.15, -0.1) is 0 Å². The van der Waals surface area contributed by atoms with Crippen molar-refractivity contribution >= 4 is 11.6 Å². The second-order valence-electron chi connectivity index (χ2n) is 4.73. The van der Waals surface area contributed by atoms with E-state index in [0.717, 1.165) is 42.2 Å². The Bertz CT molecular complexity index is 361. The van der Waals surface area contributed by atoms with Crippen molar-refractivity contribution in [2.75, 3.05) is 0 Å². The van der Waals surface area contributed by atoms with Gasteiger partial charge in [0.1, 0.15) is 0 Å². The van der Waals surface area contributed by atoms with Crippen LogP contribution in [0.4, 0.5) is 0 Å². The van der Waals surface area contributed by atoms with E-state index in [0.29, 0.717) is 0 Å². The van der Waals surface area contributed by atoms with Crippen LogP contribution in [-0.2, 0) is 19.4 Å². The molecule has 0 bridgehead atoms. The summed E-state index contributed by atoms with van der Waals surface area (Å²) in [7, 11) is 0. The Morgan fingerprint density at radius 2 is 2.00 bits per heavy atom. The third-order valence-electron chi connectivity index (χ3n) is 3.14. The van der Waals surface area contributed by atoms with Crippen molar-refractivity contribution in [3.05, 3.63) is 16.4 Å². The van der Waals surface area contributed by atoms with Crippen LogP contribution in [0.2, 0.25) is 5.02 Å². The highest BCUT2D eigenvalue weighted by atomic mass is 35.5. The number of aliphatic hydroxyl groups is 1. The molecule has 0 saturated carbocycles. The fourth-order valence-corrected chi connectivity index (χ4v) is 2.24. The van der Waals surface area contributed by atoms with Gasteiger partial charge in [0, 0.05) is 6.54 Å². The largest absolute Gasteiger partial charge is 0.393 e. The molecule has 0 radical (unpaired) electrons. The lowest BCUT2D eigenvalue weighted by Crippen LogP contribution is -2.16. The molecule has 4 heteroatoms. The molecule has 0 amide bonds. The molecule has 0 aliphatic heterocycles. The molecule has 1 atom stereocenters. The zero-order valence-corrected chi connectivity index (χ0v) is 12.0. The molecule has 1 aromatic heterocycles. The Hall–Kier alpha value is -0.540. The molecule has 0 aliphatic carbocycles. The molecule has 1 N–H and O–H groups in total. The van der Waals surface area contributed by atoms with Crippen molar-refractivity contribution in [1.82, 2.24) is 9.78 Å². The summed E-state index contributed by atoms with van der Waals surface area (Å²) in [5, 5.41) is 15.1. The lowest BCUT2D eigenvalue weighted by atomic mass is 10.0. The van der Waals surface area contributed by atoms with E-state index in [4.69, 9.17) is 11.6 Å². The summed E-state index contributed by atoms with van der Waals surface area (Å²) in [5.41, 5.74) is 2.02. The van der Waals surface area contributed by atoms with Crippen molar-refractivity contribution in [3.8, 4) is 0 Å². The molecule has 1 heterocycles. The minimum Gasteiger partial charge on any atom is -0.393 e. The van der Waals surface area contributed by atoms with Gasteiger partial charge in [0.2, 0.25) is 0 Å². The average Bonchev–Trinajstić information content (AvgIpc) is 2.62. The van der Waals surface area contributed by atoms with E-state index in [1.807, 2.05) is 18.5 Å². The highest BCUT2D eigenvalue weighted by Gasteiger charge is 2.16. The van der Waals surface area contributed by atoms with Crippen LogP contribution < -0.4 is 0 Å². The second kappa shape index (κ2) is 6.41. The highest BCUT2D eigenvalue weighted by Crippen LogP contribution is 2.24. The van der Waals surface area contributed by atoms with Crippen LogP contribution in [0.5, 0.6) is 0 Å². The van der Waals surface area contributed by atoms with Gasteiger partial charge in [-0.05, 0) is 32.1 Å². The summed E-state index contributed by atoms with van der Waals surface area (Å²) < 4.78 is 1.95. The molecule has 0 fully saturated rings. The van der Waals surface area contributed by atoms with Gasteiger partial charge in [0.15, 0.2) is 0 Å². The molecular formula is C13H23ClN2O. The third kappa shape index (κ3) is 3.46. The number of aromatic nitrogens is 2. The maximum Gasteiger partial charge on any atom is 0.0849 e. The van der Waals surface area contributed by atoms with Crippen molar-refractivity contribution in [1.29, 1.82) is 0 Å². The molecule has 0 spiro atoms. The molecule has 17 heavy (non-hydrogen) atoms. The van der Waals surface area contributed by atoms with Crippen LogP contribution in [0.1, 0.15) is 45.5 Å². The van der Waals surface area contributed by atoms with Gasteiger partial charge >= 0.3 is 0 Å². The van der Waals surface area contributed by atoms with Gasteiger partial charge < -0.3 is 5.11 Å². The molecule has 0 saturated heterocycles. The summed E-state index contributed by atoms with van der Waals surface area (Å²) in [6.45, 7) is 9.00. The van der Waals surface area contributed by atoms with Crippen LogP contribution in [0.15, 0.2) is 0 Å². The van der Waals surface area contributed by atoms with Gasteiger partial charge in [-0.25, -0.2) is 0 Å². The van der Waals surface area contributed by atoms with Crippen LogP contribution >= 0.6 is 11.6 Å². The Morgan fingerprint density at radius 1 is 1.35 bits per heavy atom. The number of aryl methyl sites for hydroxylation is 2. The predicted octanol–water partition coefficient (Wildman–Crippen LogP) is 3.07. The maximum absolute atomic E-state index is 9.83. The summed E-state index contributed by atoms with van der Waals surface area (Å²) in [6, 6.07) is 0. The molecule has 1 aromatic rings. The molecule has 98 valence electrons. The van der Waals surface area contributed by atoms with Crippen LogP contribution in [-0.4, -0.2) is 21.0 Å². The van der Waals surface area contributed by atoms with E-state index < -0.39 is 0 Å². The molecule has 0 aliphatic rings. The first-order valence-corrected chi connectivity index (χ1v) is 6.81. The van der Waals surface area contributed by atoms with E-state index in [2.05, 4.69) is 18.9 Å². The number of hydrogen-bond donors (Lipinski definition) is 1. The fraction of sp³-hybridized carbons (Fsp3) is 0.769. The molecule has 0 aromatic carbocycles. The van der Waals surface area contributed by atoms with Crippen LogP contribution in [0.25, 0.3) is 0 Å². The van der Waals surface area contributed by atoms with Gasteiger partial charge in [0.25, 0.3) is 0 Å². The van der Waals surface area contributed by atoms with Crippen LogP contribution in [0, 0.1) is 5.92 Å². The molecule has 3 nitrogen and oxygen atoms in total. The minimum absolute atomic E-state index is 0.267. The number of halogens is 1.